The normalized spacial score (nSPS) is 26.3. The van der Waals surface area contributed by atoms with E-state index in [0.717, 1.165) is 25.9 Å². The van der Waals surface area contributed by atoms with E-state index in [-0.39, 0.29) is 30.7 Å². The number of carboxylic acids is 1. The summed E-state index contributed by atoms with van der Waals surface area (Å²) in [5.41, 5.74) is 0. The second-order valence-electron chi connectivity index (χ2n) is 5.04. The molecule has 100 valence electrons. The van der Waals surface area contributed by atoms with Gasteiger partial charge in [0.25, 0.3) is 0 Å². The Bertz CT molecular complexity index is 361. The molecule has 0 saturated carbocycles. The fraction of sp³-hybridized carbons (Fsp3) is 0.750. The van der Waals surface area contributed by atoms with E-state index >= 15 is 0 Å². The number of carboxylic acid groups (broad SMARTS) is 1. The molecule has 6 nitrogen and oxygen atoms in total. The highest BCUT2D eigenvalue weighted by molar-refractivity contribution is 6.05. The Morgan fingerprint density at radius 1 is 1.33 bits per heavy atom. The monoisotopic (exact) mass is 254 g/mol. The fourth-order valence-corrected chi connectivity index (χ4v) is 2.72. The van der Waals surface area contributed by atoms with Gasteiger partial charge in [0, 0.05) is 6.42 Å². The van der Waals surface area contributed by atoms with Crippen LogP contribution >= 0.6 is 0 Å². The zero-order chi connectivity index (χ0) is 13.1. The minimum absolute atomic E-state index is 0.191. The molecule has 0 radical (unpaired) electrons. The van der Waals surface area contributed by atoms with Crippen LogP contribution in [0.25, 0.3) is 0 Å². The second kappa shape index (κ2) is 5.48. The van der Waals surface area contributed by atoms with Gasteiger partial charge in [0.15, 0.2) is 0 Å². The molecule has 18 heavy (non-hydrogen) atoms. The highest BCUT2D eigenvalue weighted by Crippen LogP contribution is 2.24. The molecule has 2 saturated heterocycles. The third-order valence-electron chi connectivity index (χ3n) is 3.80. The molecular weight excluding hydrogens is 236 g/mol. The van der Waals surface area contributed by atoms with Crippen LogP contribution in [0.3, 0.4) is 0 Å². The first kappa shape index (κ1) is 13.0. The lowest BCUT2D eigenvalue weighted by molar-refractivity contribution is -0.137. The highest BCUT2D eigenvalue weighted by atomic mass is 16.4. The lowest BCUT2D eigenvalue weighted by Gasteiger charge is -2.34. The van der Waals surface area contributed by atoms with E-state index in [4.69, 9.17) is 5.11 Å². The van der Waals surface area contributed by atoms with E-state index in [1.54, 1.807) is 0 Å². The standard InChI is InChI=1S/C12H18N2O4/c15-10-7-9(12(18)13-10)14-5-3-8(4-6-14)1-2-11(16)17/h8-9H,1-7H2,(H,16,17)(H,13,15,18). The Morgan fingerprint density at radius 3 is 2.50 bits per heavy atom. The zero-order valence-corrected chi connectivity index (χ0v) is 10.2. The van der Waals surface area contributed by atoms with Crippen LogP contribution in [0.1, 0.15) is 32.1 Å². The average molecular weight is 254 g/mol. The molecule has 0 bridgehead atoms. The molecule has 2 heterocycles. The van der Waals surface area contributed by atoms with Crippen LogP contribution in [0.4, 0.5) is 0 Å². The Hall–Kier alpha value is -1.43. The molecule has 1 unspecified atom stereocenters. The number of carbonyl (C=O) groups is 3. The highest BCUT2D eigenvalue weighted by Gasteiger charge is 2.36. The molecule has 1 atom stereocenters. The first-order valence-electron chi connectivity index (χ1n) is 6.36. The molecule has 0 aromatic heterocycles. The number of piperidine rings is 1. The first-order chi connectivity index (χ1) is 8.56. The van der Waals surface area contributed by atoms with Crippen molar-refractivity contribution in [3.63, 3.8) is 0 Å². The summed E-state index contributed by atoms with van der Waals surface area (Å²) in [6.07, 6.45) is 3.00. The van der Waals surface area contributed by atoms with Gasteiger partial charge < -0.3 is 5.11 Å². The van der Waals surface area contributed by atoms with Crippen LogP contribution in [0.15, 0.2) is 0 Å². The topological polar surface area (TPSA) is 86.7 Å². The summed E-state index contributed by atoms with van der Waals surface area (Å²) in [7, 11) is 0. The quantitative estimate of drug-likeness (QED) is 0.688. The molecular formula is C12H18N2O4. The molecule has 2 aliphatic heterocycles. The van der Waals surface area contributed by atoms with E-state index in [2.05, 4.69) is 5.32 Å². The van der Waals surface area contributed by atoms with Gasteiger partial charge in [-0.1, -0.05) is 0 Å². The predicted octanol–water partition coefficient (Wildman–Crippen LogP) is -0.0217. The van der Waals surface area contributed by atoms with Gasteiger partial charge in [-0.25, -0.2) is 0 Å². The van der Waals surface area contributed by atoms with E-state index < -0.39 is 5.97 Å². The summed E-state index contributed by atoms with van der Waals surface area (Å²) >= 11 is 0. The Balaban J connectivity index is 1.78. The lowest BCUT2D eigenvalue weighted by atomic mass is 9.91. The number of nitrogens with zero attached hydrogens (tertiary/aromatic N) is 1. The van der Waals surface area contributed by atoms with Gasteiger partial charge in [0.05, 0.1) is 12.5 Å². The van der Waals surface area contributed by atoms with Crippen LogP contribution < -0.4 is 5.32 Å². The summed E-state index contributed by atoms with van der Waals surface area (Å²) in [5.74, 6) is -0.710. The van der Waals surface area contributed by atoms with Crippen molar-refractivity contribution in [1.29, 1.82) is 0 Å². The minimum Gasteiger partial charge on any atom is -0.481 e. The van der Waals surface area contributed by atoms with Crippen LogP contribution in [-0.4, -0.2) is 46.9 Å². The lowest BCUT2D eigenvalue weighted by Crippen LogP contribution is -2.45. The number of amides is 2. The van der Waals surface area contributed by atoms with Crippen molar-refractivity contribution in [2.24, 2.45) is 5.92 Å². The maximum Gasteiger partial charge on any atom is 0.303 e. The molecule has 0 aromatic rings. The third kappa shape index (κ3) is 3.07. The zero-order valence-electron chi connectivity index (χ0n) is 10.2. The van der Waals surface area contributed by atoms with Crippen LogP contribution in [-0.2, 0) is 14.4 Å². The molecule has 2 amide bonds. The number of nitrogens with one attached hydrogen (secondary N) is 1. The van der Waals surface area contributed by atoms with Crippen molar-refractivity contribution in [2.45, 2.75) is 38.1 Å². The molecule has 2 rings (SSSR count). The summed E-state index contributed by atoms with van der Waals surface area (Å²) in [6, 6.07) is -0.307. The maximum atomic E-state index is 11.5. The molecule has 0 aliphatic carbocycles. The summed E-state index contributed by atoms with van der Waals surface area (Å²) in [5, 5.41) is 10.9. The van der Waals surface area contributed by atoms with Crippen LogP contribution in [0, 0.1) is 5.92 Å². The Labute approximate surface area is 105 Å². The molecule has 2 aliphatic rings. The minimum atomic E-state index is -0.752. The number of imide groups is 1. The van der Waals surface area contributed by atoms with E-state index in [1.165, 1.54) is 0 Å². The van der Waals surface area contributed by atoms with Gasteiger partial charge in [0.1, 0.15) is 0 Å². The fourth-order valence-electron chi connectivity index (χ4n) is 2.72. The van der Waals surface area contributed by atoms with E-state index in [9.17, 15) is 14.4 Å². The Morgan fingerprint density at radius 2 is 2.00 bits per heavy atom. The van der Waals surface area contributed by atoms with Crippen molar-refractivity contribution in [3.8, 4) is 0 Å². The number of likely N-dealkylation sites (tertiary alicyclic amines) is 1. The largest absolute Gasteiger partial charge is 0.481 e. The van der Waals surface area contributed by atoms with Gasteiger partial charge >= 0.3 is 5.97 Å². The summed E-state index contributed by atoms with van der Waals surface area (Å²) in [4.78, 5) is 35.2. The number of aliphatic carboxylic acids is 1. The van der Waals surface area contributed by atoms with Gasteiger partial charge in [-0.15, -0.1) is 0 Å². The van der Waals surface area contributed by atoms with Crippen molar-refractivity contribution in [1.82, 2.24) is 10.2 Å². The van der Waals surface area contributed by atoms with Crippen LogP contribution in [0.5, 0.6) is 0 Å². The first-order valence-corrected chi connectivity index (χ1v) is 6.36. The second-order valence-corrected chi connectivity index (χ2v) is 5.04. The SMILES string of the molecule is O=C(O)CCC1CCN(C2CC(=O)NC2=O)CC1. The van der Waals surface area contributed by atoms with E-state index in [1.807, 2.05) is 4.90 Å². The third-order valence-corrected chi connectivity index (χ3v) is 3.80. The van der Waals surface area contributed by atoms with Crippen molar-refractivity contribution in [3.05, 3.63) is 0 Å². The number of rotatable bonds is 4. The predicted molar refractivity (Wildman–Crippen MR) is 62.7 cm³/mol. The number of carbonyl (C=O) groups excluding carboxylic acids is 2. The van der Waals surface area contributed by atoms with Gasteiger partial charge in [-0.05, 0) is 38.3 Å². The molecule has 6 heteroatoms. The smallest absolute Gasteiger partial charge is 0.303 e. The maximum absolute atomic E-state index is 11.5. The average Bonchev–Trinajstić information content (AvgIpc) is 2.66. The summed E-state index contributed by atoms with van der Waals surface area (Å²) < 4.78 is 0. The molecule has 2 fully saturated rings. The van der Waals surface area contributed by atoms with E-state index in [0.29, 0.717) is 12.3 Å². The molecule has 0 aromatic carbocycles. The van der Waals surface area contributed by atoms with Crippen molar-refractivity contribution >= 4 is 17.8 Å². The van der Waals surface area contributed by atoms with Gasteiger partial charge in [-0.2, -0.15) is 0 Å². The number of hydrogen-bond acceptors (Lipinski definition) is 4. The molecule has 2 N–H and O–H groups in total. The van der Waals surface area contributed by atoms with Gasteiger partial charge in [-0.3, -0.25) is 24.6 Å². The van der Waals surface area contributed by atoms with Crippen molar-refractivity contribution < 1.29 is 19.5 Å². The number of hydrogen-bond donors (Lipinski definition) is 2. The molecule has 0 spiro atoms. The van der Waals surface area contributed by atoms with Gasteiger partial charge in [0.2, 0.25) is 11.8 Å². The summed E-state index contributed by atoms with van der Waals surface area (Å²) in [6.45, 7) is 1.55. The Kier molecular flexibility index (Phi) is 3.96. The van der Waals surface area contributed by atoms with Crippen LogP contribution in [0.2, 0.25) is 0 Å². The van der Waals surface area contributed by atoms with Crippen molar-refractivity contribution in [2.75, 3.05) is 13.1 Å².